The van der Waals surface area contributed by atoms with Crippen molar-refractivity contribution in [2.24, 2.45) is 0 Å². The Kier molecular flexibility index (Phi) is 5.09. The third-order valence-corrected chi connectivity index (χ3v) is 4.83. The number of carboxylic acids is 1. The predicted octanol–water partition coefficient (Wildman–Crippen LogP) is 4.26. The van der Waals surface area contributed by atoms with Gasteiger partial charge in [0.1, 0.15) is 6.04 Å². The summed E-state index contributed by atoms with van der Waals surface area (Å²) in [6.07, 6.45) is 2.23. The zero-order valence-electron chi connectivity index (χ0n) is 12.7. The van der Waals surface area contributed by atoms with Crippen LogP contribution in [-0.4, -0.2) is 22.1 Å². The molecule has 0 saturated heterocycles. The molecule has 0 unspecified atom stereocenters. The van der Waals surface area contributed by atoms with Gasteiger partial charge in [-0.15, -0.1) is 0 Å². The van der Waals surface area contributed by atoms with Crippen LogP contribution in [0.25, 0.3) is 10.9 Å². The van der Waals surface area contributed by atoms with Gasteiger partial charge in [-0.25, -0.2) is 0 Å². The lowest BCUT2D eigenvalue weighted by molar-refractivity contribution is -0.139. The van der Waals surface area contributed by atoms with Crippen molar-refractivity contribution in [1.29, 1.82) is 0 Å². The minimum Gasteiger partial charge on any atom is -0.480 e. The molecule has 0 amide bonds. The zero-order valence-corrected chi connectivity index (χ0v) is 14.2. The molecule has 3 N–H and O–H groups in total. The Morgan fingerprint density at radius 1 is 1.12 bits per heavy atom. The highest BCUT2D eigenvalue weighted by atomic mass is 35.5. The Hall–Kier alpha value is -2.01. The Labute approximate surface area is 149 Å². The fraction of sp³-hybridized carbons (Fsp3) is 0.167. The summed E-state index contributed by atoms with van der Waals surface area (Å²) in [6.45, 7) is 0.332. The van der Waals surface area contributed by atoms with Gasteiger partial charge in [0.2, 0.25) is 0 Å². The van der Waals surface area contributed by atoms with Gasteiger partial charge in [0.05, 0.1) is 10.0 Å². The quantitative estimate of drug-likeness (QED) is 0.613. The topological polar surface area (TPSA) is 65.1 Å². The molecule has 0 aliphatic heterocycles. The van der Waals surface area contributed by atoms with E-state index in [0.29, 0.717) is 23.0 Å². The van der Waals surface area contributed by atoms with Crippen molar-refractivity contribution < 1.29 is 9.90 Å². The first kappa shape index (κ1) is 16.8. The van der Waals surface area contributed by atoms with Crippen LogP contribution in [0.1, 0.15) is 11.1 Å². The van der Waals surface area contributed by atoms with Gasteiger partial charge in [0.25, 0.3) is 0 Å². The maximum atomic E-state index is 11.6. The van der Waals surface area contributed by atoms with Gasteiger partial charge in [0, 0.05) is 30.1 Å². The van der Waals surface area contributed by atoms with E-state index < -0.39 is 12.0 Å². The number of H-pyrrole nitrogens is 1. The Bertz CT molecular complexity index is 876. The van der Waals surface area contributed by atoms with Crippen LogP contribution in [0.15, 0.2) is 48.7 Å². The average Bonchev–Trinajstić information content (AvgIpc) is 2.98. The first-order valence-corrected chi connectivity index (χ1v) is 8.26. The Balaban J connectivity index is 1.76. The lowest BCUT2D eigenvalue weighted by Gasteiger charge is -2.15. The van der Waals surface area contributed by atoms with Gasteiger partial charge in [-0.1, -0.05) is 53.5 Å². The van der Waals surface area contributed by atoms with E-state index >= 15 is 0 Å². The van der Waals surface area contributed by atoms with Gasteiger partial charge >= 0.3 is 5.97 Å². The largest absolute Gasteiger partial charge is 0.480 e. The van der Waals surface area contributed by atoms with Crippen LogP contribution in [0.4, 0.5) is 0 Å². The molecular formula is C18H16Cl2N2O2. The molecule has 0 aliphatic rings. The Morgan fingerprint density at radius 2 is 1.92 bits per heavy atom. The molecule has 3 aromatic rings. The second-order valence-electron chi connectivity index (χ2n) is 5.55. The molecule has 0 fully saturated rings. The number of aromatic nitrogens is 1. The lowest BCUT2D eigenvalue weighted by Crippen LogP contribution is -2.38. The number of halogens is 2. The van der Waals surface area contributed by atoms with Gasteiger partial charge < -0.3 is 10.1 Å². The van der Waals surface area contributed by atoms with Gasteiger partial charge in [-0.05, 0) is 23.3 Å². The molecule has 0 spiro atoms. The van der Waals surface area contributed by atoms with Crippen LogP contribution in [0.3, 0.4) is 0 Å². The highest BCUT2D eigenvalue weighted by Gasteiger charge is 2.19. The van der Waals surface area contributed by atoms with Crippen molar-refractivity contribution in [3.05, 3.63) is 69.8 Å². The number of nitrogens with one attached hydrogen (secondary N) is 2. The van der Waals surface area contributed by atoms with Crippen molar-refractivity contribution in [2.75, 3.05) is 0 Å². The minimum atomic E-state index is -0.904. The molecule has 3 rings (SSSR count). The van der Waals surface area contributed by atoms with Crippen LogP contribution < -0.4 is 5.32 Å². The molecule has 1 aromatic heterocycles. The third-order valence-electron chi connectivity index (χ3n) is 3.97. The van der Waals surface area contributed by atoms with E-state index in [-0.39, 0.29) is 0 Å². The number of aliphatic carboxylic acids is 1. The van der Waals surface area contributed by atoms with Crippen molar-refractivity contribution in [3.8, 4) is 0 Å². The van der Waals surface area contributed by atoms with E-state index in [1.54, 1.807) is 12.1 Å². The SMILES string of the molecule is O=C(O)[C@@H](Cc1c[nH]c2ccccc12)NCc1cccc(Cl)c1Cl. The van der Waals surface area contributed by atoms with Crippen LogP contribution >= 0.6 is 23.2 Å². The zero-order chi connectivity index (χ0) is 17.1. The van der Waals surface area contributed by atoms with E-state index in [4.69, 9.17) is 23.2 Å². The standard InChI is InChI=1S/C18H16Cl2N2O2/c19-14-6-3-4-11(17(14)20)9-22-16(18(23)24)8-12-10-21-15-7-2-1-5-13(12)15/h1-7,10,16,21-22H,8-9H2,(H,23,24)/t16-/m1/s1. The normalized spacial score (nSPS) is 12.4. The number of hydrogen-bond acceptors (Lipinski definition) is 2. The number of fused-ring (bicyclic) bond motifs is 1. The van der Waals surface area contributed by atoms with Crippen LogP contribution in [0, 0.1) is 0 Å². The van der Waals surface area contributed by atoms with Gasteiger partial charge in [-0.3, -0.25) is 10.1 Å². The van der Waals surface area contributed by atoms with E-state index in [1.807, 2.05) is 36.5 Å². The van der Waals surface area contributed by atoms with Crippen molar-refractivity contribution in [2.45, 2.75) is 19.0 Å². The molecule has 0 saturated carbocycles. The molecule has 0 aliphatic carbocycles. The van der Waals surface area contributed by atoms with Crippen LogP contribution in [-0.2, 0) is 17.8 Å². The molecular weight excluding hydrogens is 347 g/mol. The number of carbonyl (C=O) groups is 1. The summed E-state index contributed by atoms with van der Waals surface area (Å²) in [6, 6.07) is 12.4. The fourth-order valence-electron chi connectivity index (χ4n) is 2.69. The molecule has 4 nitrogen and oxygen atoms in total. The number of hydrogen-bond donors (Lipinski definition) is 3. The minimum absolute atomic E-state index is 0.332. The molecule has 0 bridgehead atoms. The first-order valence-electron chi connectivity index (χ1n) is 7.50. The smallest absolute Gasteiger partial charge is 0.321 e. The molecule has 1 atom stereocenters. The maximum absolute atomic E-state index is 11.6. The average molecular weight is 363 g/mol. The maximum Gasteiger partial charge on any atom is 0.321 e. The van der Waals surface area contributed by atoms with Crippen molar-refractivity contribution >= 4 is 40.1 Å². The molecule has 6 heteroatoms. The van der Waals surface area contributed by atoms with Crippen LogP contribution in [0.5, 0.6) is 0 Å². The first-order chi connectivity index (χ1) is 11.6. The second-order valence-corrected chi connectivity index (χ2v) is 6.33. The van der Waals surface area contributed by atoms with E-state index in [0.717, 1.165) is 22.0 Å². The Morgan fingerprint density at radius 3 is 2.71 bits per heavy atom. The van der Waals surface area contributed by atoms with Gasteiger partial charge in [0.15, 0.2) is 0 Å². The summed E-state index contributed by atoms with van der Waals surface area (Å²) in [4.78, 5) is 14.8. The van der Waals surface area contributed by atoms with Gasteiger partial charge in [-0.2, -0.15) is 0 Å². The molecule has 1 heterocycles. The van der Waals surface area contributed by atoms with E-state index in [1.165, 1.54) is 0 Å². The van der Waals surface area contributed by atoms with E-state index in [9.17, 15) is 9.90 Å². The molecule has 0 radical (unpaired) electrons. The van der Waals surface area contributed by atoms with Crippen LogP contribution in [0.2, 0.25) is 10.0 Å². The molecule has 24 heavy (non-hydrogen) atoms. The highest BCUT2D eigenvalue weighted by molar-refractivity contribution is 6.42. The third kappa shape index (κ3) is 3.56. The summed E-state index contributed by atoms with van der Waals surface area (Å²) in [7, 11) is 0. The van der Waals surface area contributed by atoms with E-state index in [2.05, 4.69) is 10.3 Å². The molecule has 2 aromatic carbocycles. The van der Waals surface area contributed by atoms with Crippen molar-refractivity contribution in [1.82, 2.24) is 10.3 Å². The molecule has 124 valence electrons. The number of benzene rings is 2. The fourth-order valence-corrected chi connectivity index (χ4v) is 3.07. The summed E-state index contributed by atoms with van der Waals surface area (Å²) >= 11 is 12.1. The summed E-state index contributed by atoms with van der Waals surface area (Å²) in [5.41, 5.74) is 2.73. The second kappa shape index (κ2) is 7.26. The lowest BCUT2D eigenvalue weighted by atomic mass is 10.0. The van der Waals surface area contributed by atoms with Crippen molar-refractivity contribution in [3.63, 3.8) is 0 Å². The monoisotopic (exact) mass is 362 g/mol. The summed E-state index contributed by atoms with van der Waals surface area (Å²) in [5.74, 6) is -0.904. The number of rotatable bonds is 6. The predicted molar refractivity (Wildman–Crippen MR) is 96.7 cm³/mol. The summed E-state index contributed by atoms with van der Waals surface area (Å²) < 4.78 is 0. The number of carboxylic acid groups (broad SMARTS) is 1. The number of para-hydroxylation sites is 1. The summed E-state index contributed by atoms with van der Waals surface area (Å²) in [5, 5.41) is 14.5. The highest BCUT2D eigenvalue weighted by Crippen LogP contribution is 2.25. The number of aromatic amines is 1.